The Morgan fingerprint density at radius 1 is 1.11 bits per heavy atom. The Morgan fingerprint density at radius 2 is 1.83 bits per heavy atom. The first kappa shape index (κ1) is 14.3. The normalized spacial score (nSPS) is 32.8. The molecule has 1 unspecified atom stereocenters. The number of hydrogen-bond donors (Lipinski definition) is 1. The van der Waals surface area contributed by atoms with Gasteiger partial charge >= 0.3 is 0 Å². The van der Waals surface area contributed by atoms with Gasteiger partial charge in [0.05, 0.1) is 0 Å². The van der Waals surface area contributed by atoms with E-state index in [2.05, 4.69) is 31.0 Å². The van der Waals surface area contributed by atoms with Gasteiger partial charge in [0.2, 0.25) is 0 Å². The second-order valence-corrected chi connectivity index (χ2v) is 6.83. The van der Waals surface area contributed by atoms with Gasteiger partial charge in [-0.3, -0.25) is 4.90 Å². The summed E-state index contributed by atoms with van der Waals surface area (Å²) in [4.78, 5) is 2.86. The third kappa shape index (κ3) is 2.91. The van der Waals surface area contributed by atoms with E-state index in [0.29, 0.717) is 11.1 Å². The van der Waals surface area contributed by atoms with E-state index in [4.69, 9.17) is 0 Å². The first-order valence-electron chi connectivity index (χ1n) is 8.14. The molecule has 2 fully saturated rings. The van der Waals surface area contributed by atoms with E-state index in [1.165, 1.54) is 71.0 Å². The molecule has 18 heavy (non-hydrogen) atoms. The zero-order valence-electron chi connectivity index (χ0n) is 12.7. The third-order valence-electron chi connectivity index (χ3n) is 5.40. The summed E-state index contributed by atoms with van der Waals surface area (Å²) in [6.07, 6.45) is 11.1. The van der Waals surface area contributed by atoms with Crippen molar-refractivity contribution in [2.45, 2.75) is 83.2 Å². The Morgan fingerprint density at radius 3 is 2.44 bits per heavy atom. The molecule has 106 valence electrons. The van der Waals surface area contributed by atoms with Crippen LogP contribution in [0.5, 0.6) is 0 Å². The Hall–Kier alpha value is -0.0800. The fraction of sp³-hybridized carbons (Fsp3) is 1.00. The van der Waals surface area contributed by atoms with Crippen LogP contribution in [0.25, 0.3) is 0 Å². The highest BCUT2D eigenvalue weighted by Gasteiger charge is 2.44. The summed E-state index contributed by atoms with van der Waals surface area (Å²) in [7, 11) is 0. The molecule has 1 aliphatic heterocycles. The lowest BCUT2D eigenvalue weighted by molar-refractivity contribution is -0.0162. The summed E-state index contributed by atoms with van der Waals surface area (Å²) in [5.41, 5.74) is 0.846. The highest BCUT2D eigenvalue weighted by Crippen LogP contribution is 2.37. The molecule has 1 heterocycles. The van der Waals surface area contributed by atoms with E-state index in [1.54, 1.807) is 0 Å². The van der Waals surface area contributed by atoms with Crippen LogP contribution >= 0.6 is 0 Å². The summed E-state index contributed by atoms with van der Waals surface area (Å²) >= 11 is 0. The molecular weight excluding hydrogens is 220 g/mol. The summed E-state index contributed by atoms with van der Waals surface area (Å²) in [5, 5.41) is 3.87. The molecular formula is C16H32N2. The van der Waals surface area contributed by atoms with Crippen LogP contribution in [0.15, 0.2) is 0 Å². The topological polar surface area (TPSA) is 15.3 Å². The molecule has 2 heteroatoms. The van der Waals surface area contributed by atoms with Crippen molar-refractivity contribution in [2.75, 3.05) is 19.6 Å². The van der Waals surface area contributed by atoms with Gasteiger partial charge in [0, 0.05) is 24.2 Å². The molecule has 1 atom stereocenters. The van der Waals surface area contributed by atoms with Gasteiger partial charge in [0.1, 0.15) is 0 Å². The van der Waals surface area contributed by atoms with Crippen LogP contribution < -0.4 is 5.32 Å². The van der Waals surface area contributed by atoms with Crippen molar-refractivity contribution in [3.8, 4) is 0 Å². The van der Waals surface area contributed by atoms with E-state index >= 15 is 0 Å². The van der Waals surface area contributed by atoms with Crippen LogP contribution in [-0.4, -0.2) is 35.6 Å². The second kappa shape index (κ2) is 5.92. The van der Waals surface area contributed by atoms with Gasteiger partial charge in [-0.05, 0) is 39.2 Å². The van der Waals surface area contributed by atoms with E-state index in [9.17, 15) is 0 Å². The second-order valence-electron chi connectivity index (χ2n) is 6.83. The molecule has 0 aromatic carbocycles. The fourth-order valence-electron chi connectivity index (χ4n) is 3.74. The molecule has 2 rings (SSSR count). The highest BCUT2D eigenvalue weighted by molar-refractivity contribution is 5.04. The minimum absolute atomic E-state index is 0.344. The smallest absolute Gasteiger partial charge is 0.0334 e. The van der Waals surface area contributed by atoms with Gasteiger partial charge in [-0.25, -0.2) is 0 Å². The quantitative estimate of drug-likeness (QED) is 0.823. The van der Waals surface area contributed by atoms with Gasteiger partial charge in [-0.15, -0.1) is 0 Å². The number of nitrogens with zero attached hydrogens (tertiary/aromatic N) is 1. The zero-order valence-corrected chi connectivity index (χ0v) is 12.7. The van der Waals surface area contributed by atoms with Crippen LogP contribution in [-0.2, 0) is 0 Å². The van der Waals surface area contributed by atoms with Crippen molar-refractivity contribution in [1.29, 1.82) is 0 Å². The zero-order chi connectivity index (χ0) is 13.1. The van der Waals surface area contributed by atoms with Crippen molar-refractivity contribution < 1.29 is 0 Å². The molecule has 1 saturated carbocycles. The predicted octanol–water partition coefficient (Wildman–Crippen LogP) is 3.56. The average molecular weight is 252 g/mol. The summed E-state index contributed by atoms with van der Waals surface area (Å²) in [5.74, 6) is 0. The van der Waals surface area contributed by atoms with Crippen molar-refractivity contribution in [1.82, 2.24) is 10.2 Å². The molecule has 0 amide bonds. The van der Waals surface area contributed by atoms with Crippen molar-refractivity contribution in [2.24, 2.45) is 0 Å². The molecule has 0 aromatic heterocycles. The number of piperazine rings is 1. The van der Waals surface area contributed by atoms with Gasteiger partial charge in [0.25, 0.3) is 0 Å². The molecule has 0 aromatic rings. The van der Waals surface area contributed by atoms with E-state index < -0.39 is 0 Å². The molecule has 1 N–H and O–H groups in total. The van der Waals surface area contributed by atoms with Crippen molar-refractivity contribution in [3.05, 3.63) is 0 Å². The van der Waals surface area contributed by atoms with Crippen LogP contribution in [0.1, 0.15) is 72.1 Å². The van der Waals surface area contributed by atoms with Crippen LogP contribution in [0.2, 0.25) is 0 Å². The first-order chi connectivity index (χ1) is 8.64. The highest BCUT2D eigenvalue weighted by atomic mass is 15.3. The maximum Gasteiger partial charge on any atom is 0.0334 e. The Balaban J connectivity index is 2.08. The van der Waals surface area contributed by atoms with E-state index in [0.717, 1.165) is 0 Å². The molecule has 2 nitrogen and oxygen atoms in total. The molecule has 0 radical (unpaired) electrons. The minimum Gasteiger partial charge on any atom is -0.308 e. The molecule has 0 bridgehead atoms. The SMILES string of the molecule is CCCCN1CC(C)(CC)NCC12CCCCC2. The summed E-state index contributed by atoms with van der Waals surface area (Å²) in [6, 6.07) is 0. The molecule has 1 saturated heterocycles. The van der Waals surface area contributed by atoms with Gasteiger partial charge in [-0.2, -0.15) is 0 Å². The first-order valence-corrected chi connectivity index (χ1v) is 8.14. The summed E-state index contributed by atoms with van der Waals surface area (Å²) in [6.45, 7) is 10.8. The Bertz CT molecular complexity index is 258. The average Bonchev–Trinajstić information content (AvgIpc) is 2.42. The fourth-order valence-corrected chi connectivity index (χ4v) is 3.74. The largest absolute Gasteiger partial charge is 0.308 e. The maximum absolute atomic E-state index is 3.87. The number of unbranched alkanes of at least 4 members (excludes halogenated alkanes) is 1. The van der Waals surface area contributed by atoms with Crippen LogP contribution in [0.4, 0.5) is 0 Å². The van der Waals surface area contributed by atoms with Gasteiger partial charge in [0.15, 0.2) is 0 Å². The van der Waals surface area contributed by atoms with Crippen LogP contribution in [0, 0.1) is 0 Å². The molecule has 1 spiro atoms. The van der Waals surface area contributed by atoms with Crippen molar-refractivity contribution >= 4 is 0 Å². The minimum atomic E-state index is 0.344. The van der Waals surface area contributed by atoms with Gasteiger partial charge in [-0.1, -0.05) is 39.5 Å². The standard InChI is InChI=1S/C16H32N2/c1-4-6-12-18-14-15(3,5-2)17-13-16(18)10-8-7-9-11-16/h17H,4-14H2,1-3H3. The Kier molecular flexibility index (Phi) is 4.71. The lowest BCUT2D eigenvalue weighted by Gasteiger charge is -2.55. The third-order valence-corrected chi connectivity index (χ3v) is 5.40. The van der Waals surface area contributed by atoms with Crippen molar-refractivity contribution in [3.63, 3.8) is 0 Å². The summed E-state index contributed by atoms with van der Waals surface area (Å²) < 4.78 is 0. The number of hydrogen-bond acceptors (Lipinski definition) is 2. The van der Waals surface area contributed by atoms with E-state index in [-0.39, 0.29) is 0 Å². The Labute approximate surface area is 114 Å². The van der Waals surface area contributed by atoms with Crippen LogP contribution in [0.3, 0.4) is 0 Å². The lowest BCUT2D eigenvalue weighted by atomic mass is 9.76. The number of nitrogens with one attached hydrogen (secondary N) is 1. The molecule has 1 aliphatic carbocycles. The molecule has 2 aliphatic rings. The monoisotopic (exact) mass is 252 g/mol. The maximum atomic E-state index is 3.87. The van der Waals surface area contributed by atoms with Gasteiger partial charge < -0.3 is 5.32 Å². The number of rotatable bonds is 4. The lowest BCUT2D eigenvalue weighted by Crippen LogP contribution is -2.69. The van der Waals surface area contributed by atoms with E-state index in [1.807, 2.05) is 0 Å². The predicted molar refractivity (Wildman–Crippen MR) is 79.0 cm³/mol.